The molecule has 4 aromatic rings. The van der Waals surface area contributed by atoms with Crippen LogP contribution in [0, 0.1) is 0 Å². The van der Waals surface area contributed by atoms with Crippen LogP contribution in [0.25, 0.3) is 33.9 Å². The minimum atomic E-state index is 0.0820. The van der Waals surface area contributed by atoms with Gasteiger partial charge in [-0.1, -0.05) is 0 Å². The van der Waals surface area contributed by atoms with Crippen LogP contribution < -0.4 is 14.2 Å². The van der Waals surface area contributed by atoms with Crippen LogP contribution >= 0.6 is 0 Å². The molecule has 6 heteroatoms. The van der Waals surface area contributed by atoms with Gasteiger partial charge >= 0.3 is 0 Å². The Morgan fingerprint density at radius 2 is 1.27 bits per heavy atom. The third-order valence-electron chi connectivity index (χ3n) is 4.90. The molecular weight excluding hydrogens is 380 g/mol. The highest BCUT2D eigenvalue weighted by Crippen LogP contribution is 2.36. The zero-order chi connectivity index (χ0) is 21.1. The van der Waals surface area contributed by atoms with Crippen molar-refractivity contribution in [2.45, 2.75) is 0 Å². The fourth-order valence-corrected chi connectivity index (χ4v) is 3.26. The minimum Gasteiger partial charge on any atom is -0.504 e. The number of aromatic amines is 1. The Hall–Kier alpha value is -3.93. The summed E-state index contributed by atoms with van der Waals surface area (Å²) >= 11 is 0. The normalized spacial score (nSPS) is 10.6. The Kier molecular flexibility index (Phi) is 5.30. The van der Waals surface area contributed by atoms with Gasteiger partial charge in [-0.3, -0.25) is 0 Å². The predicted molar refractivity (Wildman–Crippen MR) is 116 cm³/mol. The summed E-state index contributed by atoms with van der Waals surface area (Å²) in [5.41, 5.74) is 4.43. The van der Waals surface area contributed by atoms with Crippen molar-refractivity contribution < 1.29 is 19.3 Å². The summed E-state index contributed by atoms with van der Waals surface area (Å²) in [6.07, 6.45) is 0. The molecule has 0 amide bonds. The zero-order valence-corrected chi connectivity index (χ0v) is 17.0. The topological polar surface area (TPSA) is 76.6 Å². The molecule has 152 valence electrons. The van der Waals surface area contributed by atoms with Gasteiger partial charge in [-0.25, -0.2) is 4.98 Å². The Labute approximate surface area is 174 Å². The number of nitrogens with zero attached hydrogens (tertiary/aromatic N) is 1. The fourth-order valence-electron chi connectivity index (χ4n) is 3.26. The third kappa shape index (κ3) is 3.67. The lowest BCUT2D eigenvalue weighted by molar-refractivity contribution is 0.373. The number of phenols is 1. The molecule has 0 saturated heterocycles. The number of aromatic hydroxyl groups is 1. The molecule has 0 bridgehead atoms. The predicted octanol–water partition coefficient (Wildman–Crippen LogP) is 5.14. The molecule has 0 aliphatic heterocycles. The number of imidazole rings is 1. The molecule has 0 aliphatic carbocycles. The van der Waals surface area contributed by atoms with Gasteiger partial charge in [0.15, 0.2) is 11.5 Å². The minimum absolute atomic E-state index is 0.0820. The monoisotopic (exact) mass is 402 g/mol. The molecular formula is C24H22N2O4. The summed E-state index contributed by atoms with van der Waals surface area (Å²) in [5, 5.41) is 9.92. The van der Waals surface area contributed by atoms with Crippen molar-refractivity contribution in [3.05, 3.63) is 66.7 Å². The van der Waals surface area contributed by atoms with E-state index >= 15 is 0 Å². The average molecular weight is 402 g/mol. The molecule has 30 heavy (non-hydrogen) atoms. The summed E-state index contributed by atoms with van der Waals surface area (Å²) < 4.78 is 15.8. The third-order valence-corrected chi connectivity index (χ3v) is 4.90. The largest absolute Gasteiger partial charge is 0.504 e. The first-order valence-electron chi connectivity index (χ1n) is 9.39. The quantitative estimate of drug-likeness (QED) is 0.467. The number of aromatic nitrogens is 2. The Morgan fingerprint density at radius 1 is 0.700 bits per heavy atom. The maximum atomic E-state index is 9.92. The van der Waals surface area contributed by atoms with Gasteiger partial charge in [0.2, 0.25) is 0 Å². The molecule has 0 fully saturated rings. The van der Waals surface area contributed by atoms with Crippen molar-refractivity contribution in [2.75, 3.05) is 21.3 Å². The van der Waals surface area contributed by atoms with E-state index in [-0.39, 0.29) is 5.75 Å². The van der Waals surface area contributed by atoms with Crippen molar-refractivity contribution in [1.29, 1.82) is 0 Å². The molecule has 3 aromatic carbocycles. The van der Waals surface area contributed by atoms with Crippen molar-refractivity contribution in [1.82, 2.24) is 9.97 Å². The van der Waals surface area contributed by atoms with Crippen molar-refractivity contribution in [2.24, 2.45) is 0 Å². The standard InChI is InChI=1S/C24H22N2O4/c1-28-18-9-4-15(5-10-18)22-23(16-6-11-19(29-2)12-7-16)26-24(25-22)17-8-13-20(27)21(14-17)30-3/h4-14,27H,1-3H3,(H,25,26). The SMILES string of the molecule is COc1ccc(-c2nc(-c3ccc(O)c(OC)c3)[nH]c2-c2ccc(OC)cc2)cc1. The van der Waals surface area contributed by atoms with Crippen molar-refractivity contribution in [3.63, 3.8) is 0 Å². The zero-order valence-electron chi connectivity index (χ0n) is 17.0. The van der Waals surface area contributed by atoms with Crippen LogP contribution in [-0.4, -0.2) is 36.4 Å². The molecule has 0 aliphatic rings. The summed E-state index contributed by atoms with van der Waals surface area (Å²) in [6.45, 7) is 0. The molecule has 0 spiro atoms. The maximum Gasteiger partial charge on any atom is 0.161 e. The van der Waals surface area contributed by atoms with Gasteiger partial charge in [-0.2, -0.15) is 0 Å². The van der Waals surface area contributed by atoms with E-state index in [9.17, 15) is 5.11 Å². The van der Waals surface area contributed by atoms with E-state index in [4.69, 9.17) is 19.2 Å². The number of hydrogen-bond donors (Lipinski definition) is 2. The van der Waals surface area contributed by atoms with Crippen molar-refractivity contribution in [3.8, 4) is 56.9 Å². The van der Waals surface area contributed by atoms with Crippen LogP contribution in [0.1, 0.15) is 0 Å². The van der Waals surface area contributed by atoms with Gasteiger partial charge in [0.05, 0.1) is 32.7 Å². The van der Waals surface area contributed by atoms with E-state index < -0.39 is 0 Å². The highest BCUT2D eigenvalue weighted by atomic mass is 16.5. The first-order chi connectivity index (χ1) is 14.6. The number of hydrogen-bond acceptors (Lipinski definition) is 5. The Morgan fingerprint density at radius 3 is 1.83 bits per heavy atom. The molecule has 1 aromatic heterocycles. The van der Waals surface area contributed by atoms with E-state index in [1.807, 2.05) is 48.5 Å². The van der Waals surface area contributed by atoms with E-state index in [0.29, 0.717) is 11.6 Å². The highest BCUT2D eigenvalue weighted by molar-refractivity contribution is 5.82. The molecule has 6 nitrogen and oxygen atoms in total. The first kappa shape index (κ1) is 19.4. The summed E-state index contributed by atoms with van der Waals surface area (Å²) in [7, 11) is 4.81. The lowest BCUT2D eigenvalue weighted by atomic mass is 10.0. The number of rotatable bonds is 6. The van der Waals surface area contributed by atoms with E-state index in [1.54, 1.807) is 32.4 Å². The lowest BCUT2D eigenvalue weighted by Crippen LogP contribution is -1.87. The molecule has 4 rings (SSSR count). The molecule has 2 N–H and O–H groups in total. The first-order valence-corrected chi connectivity index (χ1v) is 9.39. The Balaban J connectivity index is 1.85. The second-order valence-electron chi connectivity index (χ2n) is 6.65. The summed E-state index contributed by atoms with van der Waals surface area (Å²) in [6, 6.07) is 20.7. The summed E-state index contributed by atoms with van der Waals surface area (Å²) in [5.74, 6) is 2.71. The van der Waals surface area contributed by atoms with Crippen LogP contribution in [0.2, 0.25) is 0 Å². The number of methoxy groups -OCH3 is 3. The summed E-state index contributed by atoms with van der Waals surface area (Å²) in [4.78, 5) is 8.29. The Bertz CT molecular complexity index is 1080. The van der Waals surface area contributed by atoms with E-state index in [1.165, 1.54) is 7.11 Å². The van der Waals surface area contributed by atoms with Crippen molar-refractivity contribution >= 4 is 0 Å². The number of nitrogens with one attached hydrogen (secondary N) is 1. The van der Waals surface area contributed by atoms with Crippen LogP contribution in [0.5, 0.6) is 23.0 Å². The molecule has 0 radical (unpaired) electrons. The molecule has 0 unspecified atom stereocenters. The molecule has 0 atom stereocenters. The van der Waals surface area contributed by atoms with Gasteiger partial charge in [-0.05, 0) is 66.7 Å². The molecule has 0 saturated carbocycles. The fraction of sp³-hybridized carbons (Fsp3) is 0.125. The van der Waals surface area contributed by atoms with Gasteiger partial charge in [0.1, 0.15) is 17.3 Å². The number of H-pyrrole nitrogens is 1. The van der Waals surface area contributed by atoms with Gasteiger partial charge in [0.25, 0.3) is 0 Å². The second-order valence-corrected chi connectivity index (χ2v) is 6.65. The number of benzene rings is 3. The van der Waals surface area contributed by atoms with Crippen LogP contribution in [0.3, 0.4) is 0 Å². The smallest absolute Gasteiger partial charge is 0.161 e. The number of ether oxygens (including phenoxy) is 3. The second kappa shape index (κ2) is 8.21. The van der Waals surface area contributed by atoms with E-state index in [0.717, 1.165) is 39.6 Å². The van der Waals surface area contributed by atoms with Crippen LogP contribution in [-0.2, 0) is 0 Å². The maximum absolute atomic E-state index is 9.92. The van der Waals surface area contributed by atoms with Gasteiger partial charge in [0, 0.05) is 16.7 Å². The van der Waals surface area contributed by atoms with Crippen LogP contribution in [0.4, 0.5) is 0 Å². The average Bonchev–Trinajstić information content (AvgIpc) is 3.25. The highest BCUT2D eigenvalue weighted by Gasteiger charge is 2.16. The molecule has 1 heterocycles. The van der Waals surface area contributed by atoms with Gasteiger partial charge < -0.3 is 24.3 Å². The van der Waals surface area contributed by atoms with E-state index in [2.05, 4.69) is 4.98 Å². The van der Waals surface area contributed by atoms with Crippen LogP contribution in [0.15, 0.2) is 66.7 Å². The van der Waals surface area contributed by atoms with Gasteiger partial charge in [-0.15, -0.1) is 0 Å². The number of phenolic OH excluding ortho intramolecular Hbond substituents is 1. The lowest BCUT2D eigenvalue weighted by Gasteiger charge is -2.06.